The lowest BCUT2D eigenvalue weighted by molar-refractivity contribution is -0.120. The Morgan fingerprint density at radius 3 is 2.48 bits per heavy atom. The minimum atomic E-state index is -0.0470. The molecule has 0 heterocycles. The summed E-state index contributed by atoms with van der Waals surface area (Å²) >= 11 is 1.66. The van der Waals surface area contributed by atoms with Crippen molar-refractivity contribution in [1.29, 1.82) is 0 Å². The largest absolute Gasteiger partial charge is 0.351 e. The molecule has 1 N–H and O–H groups in total. The Kier molecular flexibility index (Phi) is 5.88. The molecule has 2 aromatic rings. The third-order valence-corrected chi connectivity index (χ3v) is 4.64. The number of carbonyl (C=O) groups is 1. The van der Waals surface area contributed by atoms with E-state index in [0.717, 1.165) is 5.75 Å². The van der Waals surface area contributed by atoms with Crippen molar-refractivity contribution >= 4 is 17.7 Å². The van der Waals surface area contributed by atoms with Gasteiger partial charge in [-0.15, -0.1) is 11.8 Å². The van der Waals surface area contributed by atoms with Crippen molar-refractivity contribution < 1.29 is 4.79 Å². The number of benzene rings is 2. The van der Waals surface area contributed by atoms with Crippen molar-refractivity contribution in [2.75, 3.05) is 0 Å². The minimum Gasteiger partial charge on any atom is -0.351 e. The molecule has 0 aliphatic carbocycles. The van der Waals surface area contributed by atoms with Gasteiger partial charge in [-0.2, -0.15) is 0 Å². The van der Waals surface area contributed by atoms with Gasteiger partial charge >= 0.3 is 0 Å². The number of carbonyl (C=O) groups excluding carboxylic acids is 1. The number of amides is 1. The van der Waals surface area contributed by atoms with Crippen molar-refractivity contribution in [1.82, 2.24) is 5.32 Å². The lowest BCUT2D eigenvalue weighted by Crippen LogP contribution is -2.30. The van der Waals surface area contributed by atoms with E-state index in [-0.39, 0.29) is 11.2 Å². The molecule has 2 aromatic carbocycles. The van der Waals surface area contributed by atoms with Gasteiger partial charge in [0.15, 0.2) is 0 Å². The number of hydrogen-bond donors (Lipinski definition) is 1. The number of rotatable bonds is 6. The predicted molar refractivity (Wildman–Crippen MR) is 90.2 cm³/mol. The second-order valence-electron chi connectivity index (χ2n) is 5.08. The van der Waals surface area contributed by atoms with E-state index < -0.39 is 0 Å². The van der Waals surface area contributed by atoms with E-state index in [0.29, 0.717) is 6.54 Å². The number of thioether (sulfide) groups is 1. The fourth-order valence-electron chi connectivity index (χ4n) is 2.01. The molecule has 0 aromatic heterocycles. The highest BCUT2D eigenvalue weighted by atomic mass is 32.2. The number of nitrogens with one attached hydrogen (secondary N) is 1. The molecular weight excluding hydrogens is 278 g/mol. The van der Waals surface area contributed by atoms with E-state index in [2.05, 4.69) is 36.5 Å². The molecule has 2 nitrogen and oxygen atoms in total. The van der Waals surface area contributed by atoms with Gasteiger partial charge in [0.1, 0.15) is 0 Å². The van der Waals surface area contributed by atoms with E-state index in [1.54, 1.807) is 11.8 Å². The Morgan fingerprint density at radius 1 is 1.10 bits per heavy atom. The minimum absolute atomic E-state index is 0.0470. The molecular formula is C18H21NOS. The molecule has 3 heteroatoms. The first-order valence-corrected chi connectivity index (χ1v) is 8.19. The average molecular weight is 299 g/mol. The maximum atomic E-state index is 12.1. The van der Waals surface area contributed by atoms with Crippen LogP contribution < -0.4 is 5.32 Å². The summed E-state index contributed by atoms with van der Waals surface area (Å²) in [5.41, 5.74) is 3.63. The molecule has 0 aliphatic rings. The summed E-state index contributed by atoms with van der Waals surface area (Å²) in [6, 6.07) is 18.4. The van der Waals surface area contributed by atoms with Crippen molar-refractivity contribution in [3.05, 3.63) is 71.3 Å². The first-order valence-electron chi connectivity index (χ1n) is 7.14. The Balaban J connectivity index is 1.79. The maximum Gasteiger partial charge on any atom is 0.233 e. The van der Waals surface area contributed by atoms with Crippen molar-refractivity contribution in [3.8, 4) is 0 Å². The molecule has 0 fully saturated rings. The summed E-state index contributed by atoms with van der Waals surface area (Å²) in [5.74, 6) is 0.957. The van der Waals surface area contributed by atoms with Crippen LogP contribution in [-0.4, -0.2) is 11.2 Å². The van der Waals surface area contributed by atoms with E-state index >= 15 is 0 Å². The van der Waals surface area contributed by atoms with Crippen LogP contribution in [0.15, 0.2) is 54.6 Å². The Labute approximate surface area is 131 Å². The van der Waals surface area contributed by atoms with Crippen molar-refractivity contribution in [2.24, 2.45) is 0 Å². The zero-order chi connectivity index (χ0) is 15.1. The van der Waals surface area contributed by atoms with E-state index in [9.17, 15) is 4.79 Å². The Hall–Kier alpha value is -1.74. The topological polar surface area (TPSA) is 29.1 Å². The van der Waals surface area contributed by atoms with Crippen LogP contribution in [0.4, 0.5) is 0 Å². The van der Waals surface area contributed by atoms with E-state index in [4.69, 9.17) is 0 Å². The highest BCUT2D eigenvalue weighted by molar-refractivity contribution is 7.99. The van der Waals surface area contributed by atoms with Crippen molar-refractivity contribution in [2.45, 2.75) is 31.4 Å². The van der Waals surface area contributed by atoms with E-state index in [1.807, 2.05) is 37.3 Å². The van der Waals surface area contributed by atoms with Crippen LogP contribution in [0.5, 0.6) is 0 Å². The van der Waals surface area contributed by atoms with E-state index in [1.165, 1.54) is 16.7 Å². The molecule has 0 spiro atoms. The van der Waals surface area contributed by atoms with Gasteiger partial charge in [0.05, 0.1) is 5.25 Å². The van der Waals surface area contributed by atoms with Gasteiger partial charge in [0.2, 0.25) is 5.91 Å². The maximum absolute atomic E-state index is 12.1. The van der Waals surface area contributed by atoms with Crippen LogP contribution in [0, 0.1) is 6.92 Å². The molecule has 21 heavy (non-hydrogen) atoms. The lowest BCUT2D eigenvalue weighted by atomic mass is 10.1. The van der Waals surface area contributed by atoms with Gasteiger partial charge in [-0.1, -0.05) is 54.6 Å². The summed E-state index contributed by atoms with van der Waals surface area (Å²) in [4.78, 5) is 12.1. The Morgan fingerprint density at radius 2 is 1.76 bits per heavy atom. The normalized spacial score (nSPS) is 11.9. The summed E-state index contributed by atoms with van der Waals surface area (Å²) in [6.07, 6.45) is 0. The molecule has 2 rings (SSSR count). The highest BCUT2D eigenvalue weighted by Gasteiger charge is 2.13. The molecule has 0 radical (unpaired) electrons. The van der Waals surface area contributed by atoms with Crippen LogP contribution in [0.1, 0.15) is 23.6 Å². The van der Waals surface area contributed by atoms with Gasteiger partial charge in [-0.3, -0.25) is 4.79 Å². The second kappa shape index (κ2) is 7.89. The van der Waals surface area contributed by atoms with Crippen LogP contribution in [0.2, 0.25) is 0 Å². The van der Waals surface area contributed by atoms with Gasteiger partial charge in [-0.25, -0.2) is 0 Å². The standard InChI is InChI=1S/C18H21NOS/c1-14-8-6-7-11-17(14)12-19-18(20)15(2)21-13-16-9-4-3-5-10-16/h3-11,15H,12-13H2,1-2H3,(H,19,20)/t15-/m0/s1. The SMILES string of the molecule is Cc1ccccc1CNC(=O)[C@H](C)SCc1ccccc1. The third-order valence-electron chi connectivity index (χ3n) is 3.43. The molecule has 1 amide bonds. The number of hydrogen-bond acceptors (Lipinski definition) is 2. The molecule has 110 valence electrons. The second-order valence-corrected chi connectivity index (χ2v) is 6.41. The lowest BCUT2D eigenvalue weighted by Gasteiger charge is -2.13. The van der Waals surface area contributed by atoms with Gasteiger partial charge in [0.25, 0.3) is 0 Å². The zero-order valence-corrected chi connectivity index (χ0v) is 13.3. The van der Waals surface area contributed by atoms with Gasteiger partial charge in [-0.05, 0) is 30.5 Å². The van der Waals surface area contributed by atoms with Crippen LogP contribution in [0.25, 0.3) is 0 Å². The first kappa shape index (κ1) is 15.6. The summed E-state index contributed by atoms with van der Waals surface area (Å²) < 4.78 is 0. The molecule has 0 saturated heterocycles. The van der Waals surface area contributed by atoms with Gasteiger partial charge in [0, 0.05) is 12.3 Å². The number of aryl methyl sites for hydroxylation is 1. The highest BCUT2D eigenvalue weighted by Crippen LogP contribution is 2.17. The van der Waals surface area contributed by atoms with Crippen molar-refractivity contribution in [3.63, 3.8) is 0 Å². The van der Waals surface area contributed by atoms with Crippen LogP contribution in [-0.2, 0) is 17.1 Å². The summed E-state index contributed by atoms with van der Waals surface area (Å²) in [6.45, 7) is 4.62. The smallest absolute Gasteiger partial charge is 0.233 e. The zero-order valence-electron chi connectivity index (χ0n) is 12.5. The molecule has 1 atom stereocenters. The fraction of sp³-hybridized carbons (Fsp3) is 0.278. The molecule has 0 aliphatic heterocycles. The third kappa shape index (κ3) is 4.94. The average Bonchev–Trinajstić information content (AvgIpc) is 2.52. The molecule has 0 unspecified atom stereocenters. The first-order chi connectivity index (χ1) is 10.2. The molecule has 0 saturated carbocycles. The van der Waals surface area contributed by atoms with Crippen LogP contribution in [0.3, 0.4) is 0 Å². The fourth-order valence-corrected chi connectivity index (χ4v) is 2.88. The predicted octanol–water partition coefficient (Wildman–Crippen LogP) is 3.93. The summed E-state index contributed by atoms with van der Waals surface area (Å²) in [7, 11) is 0. The Bertz CT molecular complexity index is 583. The molecule has 0 bridgehead atoms. The van der Waals surface area contributed by atoms with Gasteiger partial charge < -0.3 is 5.32 Å². The monoisotopic (exact) mass is 299 g/mol. The quantitative estimate of drug-likeness (QED) is 0.875. The van der Waals surface area contributed by atoms with Crippen LogP contribution >= 0.6 is 11.8 Å². The summed E-state index contributed by atoms with van der Waals surface area (Å²) in [5, 5.41) is 2.97.